The summed E-state index contributed by atoms with van der Waals surface area (Å²) in [6, 6.07) is 8.95. The zero-order chi connectivity index (χ0) is 20.0. The van der Waals surface area contributed by atoms with Crippen LogP contribution in [0.3, 0.4) is 0 Å². The molecular weight excluding hydrogens is 413 g/mol. The topological polar surface area (TPSA) is 92.0 Å². The Morgan fingerprint density at radius 2 is 1.86 bits per heavy atom. The number of hydrogen-bond donors (Lipinski definition) is 2. The minimum absolute atomic E-state index is 0.306. The van der Waals surface area contributed by atoms with E-state index in [0.717, 1.165) is 16.7 Å². The lowest BCUT2D eigenvalue weighted by atomic mass is 10.2. The van der Waals surface area contributed by atoms with E-state index in [0.29, 0.717) is 40.5 Å². The van der Waals surface area contributed by atoms with Crippen LogP contribution in [-0.4, -0.2) is 49.0 Å². The zero-order valence-electron chi connectivity index (χ0n) is 15.0. The summed E-state index contributed by atoms with van der Waals surface area (Å²) in [5, 5.41) is 19.1. The molecule has 0 radical (unpaired) electrons. The highest BCUT2D eigenvalue weighted by Gasteiger charge is 2.25. The zero-order valence-corrected chi connectivity index (χ0v) is 16.5. The minimum atomic E-state index is -0.306. The summed E-state index contributed by atoms with van der Waals surface area (Å²) in [6.07, 6.45) is 4.67. The van der Waals surface area contributed by atoms with Crippen molar-refractivity contribution < 1.29 is 5.11 Å². The SMILES string of the molecule is OC1CN(c2cc(Nc3nccc4nn(-c5c(Cl)cccc5Cl)cc34)ncn2)C1. The first-order chi connectivity index (χ1) is 14.1. The molecule has 1 fully saturated rings. The van der Waals surface area contributed by atoms with Crippen LogP contribution in [0.15, 0.2) is 49.1 Å². The van der Waals surface area contributed by atoms with Gasteiger partial charge in [0.15, 0.2) is 0 Å². The molecule has 29 heavy (non-hydrogen) atoms. The minimum Gasteiger partial charge on any atom is -0.389 e. The third kappa shape index (κ3) is 3.35. The Labute approximate surface area is 175 Å². The molecule has 3 aromatic heterocycles. The van der Waals surface area contributed by atoms with Gasteiger partial charge in [0.1, 0.15) is 29.5 Å². The maximum absolute atomic E-state index is 9.50. The molecule has 0 bridgehead atoms. The first-order valence-corrected chi connectivity index (χ1v) is 9.65. The number of para-hydroxylation sites is 1. The lowest BCUT2D eigenvalue weighted by Crippen LogP contribution is -2.51. The normalized spacial score (nSPS) is 14.2. The van der Waals surface area contributed by atoms with Crippen molar-refractivity contribution in [3.63, 3.8) is 0 Å². The van der Waals surface area contributed by atoms with Gasteiger partial charge in [0.05, 0.1) is 27.1 Å². The number of nitrogens with one attached hydrogen (secondary N) is 1. The van der Waals surface area contributed by atoms with E-state index in [1.54, 1.807) is 29.1 Å². The van der Waals surface area contributed by atoms with Gasteiger partial charge in [-0.05, 0) is 18.2 Å². The fourth-order valence-electron chi connectivity index (χ4n) is 3.22. The predicted molar refractivity (Wildman–Crippen MR) is 112 cm³/mol. The predicted octanol–water partition coefficient (Wildman–Crippen LogP) is 3.44. The van der Waals surface area contributed by atoms with Crippen LogP contribution < -0.4 is 10.2 Å². The van der Waals surface area contributed by atoms with Crippen molar-refractivity contribution in [2.45, 2.75) is 6.10 Å². The number of pyridine rings is 1. The molecule has 2 N–H and O–H groups in total. The smallest absolute Gasteiger partial charge is 0.142 e. The van der Waals surface area contributed by atoms with Crippen molar-refractivity contribution >= 4 is 51.6 Å². The van der Waals surface area contributed by atoms with Gasteiger partial charge in [0.25, 0.3) is 0 Å². The Morgan fingerprint density at radius 1 is 1.07 bits per heavy atom. The quantitative estimate of drug-likeness (QED) is 0.515. The molecule has 8 nitrogen and oxygen atoms in total. The molecule has 0 unspecified atom stereocenters. The Morgan fingerprint density at radius 3 is 2.62 bits per heavy atom. The monoisotopic (exact) mass is 427 g/mol. The first-order valence-electron chi connectivity index (χ1n) is 8.89. The second kappa shape index (κ2) is 7.14. The molecule has 0 spiro atoms. The van der Waals surface area contributed by atoms with Crippen LogP contribution >= 0.6 is 23.2 Å². The molecule has 0 aliphatic carbocycles. The van der Waals surface area contributed by atoms with E-state index in [4.69, 9.17) is 23.2 Å². The van der Waals surface area contributed by atoms with Crippen molar-refractivity contribution in [2.24, 2.45) is 0 Å². The molecular formula is C19H15Cl2N7O. The number of fused-ring (bicyclic) bond motifs is 1. The average Bonchev–Trinajstić information content (AvgIpc) is 3.10. The van der Waals surface area contributed by atoms with Gasteiger partial charge < -0.3 is 15.3 Å². The number of rotatable bonds is 4. The fourth-order valence-corrected chi connectivity index (χ4v) is 3.79. The van der Waals surface area contributed by atoms with E-state index in [1.165, 1.54) is 6.33 Å². The molecule has 1 aliphatic rings. The standard InChI is InChI=1S/C19H15Cl2N7O/c20-13-2-1-3-14(21)18(13)28-9-12-15(26-28)4-5-22-19(12)25-16-6-17(24-10-23-16)27-7-11(29)8-27/h1-6,9-11,29H,7-8H2,(H,22,23,24,25). The molecule has 5 rings (SSSR count). The van der Waals surface area contributed by atoms with Crippen molar-refractivity contribution in [3.8, 4) is 5.69 Å². The van der Waals surface area contributed by atoms with Gasteiger partial charge >= 0.3 is 0 Å². The van der Waals surface area contributed by atoms with Gasteiger partial charge in [-0.1, -0.05) is 29.3 Å². The highest BCUT2D eigenvalue weighted by molar-refractivity contribution is 6.37. The lowest BCUT2D eigenvalue weighted by Gasteiger charge is -2.36. The van der Waals surface area contributed by atoms with Gasteiger partial charge in [0.2, 0.25) is 0 Å². The van der Waals surface area contributed by atoms with E-state index < -0.39 is 0 Å². The van der Waals surface area contributed by atoms with Crippen LogP contribution in [0.25, 0.3) is 16.6 Å². The lowest BCUT2D eigenvalue weighted by molar-refractivity contribution is 0.141. The van der Waals surface area contributed by atoms with Crippen molar-refractivity contribution in [1.82, 2.24) is 24.7 Å². The molecule has 1 aromatic carbocycles. The molecule has 0 amide bonds. The Kier molecular flexibility index (Phi) is 4.46. The van der Waals surface area contributed by atoms with Gasteiger partial charge in [-0.3, -0.25) is 0 Å². The molecule has 10 heteroatoms. The summed E-state index contributed by atoms with van der Waals surface area (Å²) in [4.78, 5) is 14.9. The molecule has 1 saturated heterocycles. The summed E-state index contributed by atoms with van der Waals surface area (Å²) in [5.41, 5.74) is 1.34. The maximum Gasteiger partial charge on any atom is 0.142 e. The second-order valence-electron chi connectivity index (χ2n) is 6.68. The van der Waals surface area contributed by atoms with Crippen molar-refractivity contribution in [2.75, 3.05) is 23.3 Å². The van der Waals surface area contributed by atoms with Gasteiger partial charge in [-0.2, -0.15) is 5.10 Å². The van der Waals surface area contributed by atoms with E-state index in [9.17, 15) is 5.11 Å². The number of aliphatic hydroxyl groups excluding tert-OH is 1. The van der Waals surface area contributed by atoms with Gasteiger partial charge in [-0.15, -0.1) is 0 Å². The molecule has 0 atom stereocenters. The third-order valence-electron chi connectivity index (χ3n) is 4.69. The number of β-amino-alcohol motifs (C(OH)–C–C–N with tert-alkyl or cyclic N) is 1. The van der Waals surface area contributed by atoms with E-state index in [1.807, 2.05) is 23.2 Å². The largest absolute Gasteiger partial charge is 0.389 e. The maximum atomic E-state index is 9.50. The highest BCUT2D eigenvalue weighted by atomic mass is 35.5. The van der Waals surface area contributed by atoms with E-state index in [2.05, 4.69) is 25.4 Å². The van der Waals surface area contributed by atoms with Gasteiger partial charge in [-0.25, -0.2) is 19.6 Å². The van der Waals surface area contributed by atoms with Crippen LogP contribution in [0.1, 0.15) is 0 Å². The van der Waals surface area contributed by atoms with E-state index >= 15 is 0 Å². The first kappa shape index (κ1) is 18.1. The average molecular weight is 428 g/mol. The molecule has 4 heterocycles. The second-order valence-corrected chi connectivity index (χ2v) is 7.50. The molecule has 4 aromatic rings. The Balaban J connectivity index is 1.50. The van der Waals surface area contributed by atoms with Crippen LogP contribution in [0.4, 0.5) is 17.5 Å². The molecule has 0 saturated carbocycles. The van der Waals surface area contributed by atoms with E-state index in [-0.39, 0.29) is 6.10 Å². The van der Waals surface area contributed by atoms with Crippen LogP contribution in [0, 0.1) is 0 Å². The van der Waals surface area contributed by atoms with Gasteiger partial charge in [0, 0.05) is 31.5 Å². The Bertz CT molecular complexity index is 1190. The number of aliphatic hydroxyl groups is 1. The highest BCUT2D eigenvalue weighted by Crippen LogP contribution is 2.31. The summed E-state index contributed by atoms with van der Waals surface area (Å²) in [5.74, 6) is 1.95. The summed E-state index contributed by atoms with van der Waals surface area (Å²) in [7, 11) is 0. The summed E-state index contributed by atoms with van der Waals surface area (Å²) in [6.45, 7) is 1.13. The summed E-state index contributed by atoms with van der Waals surface area (Å²) < 4.78 is 1.65. The number of halogens is 2. The number of nitrogens with zero attached hydrogens (tertiary/aromatic N) is 6. The number of benzene rings is 1. The summed E-state index contributed by atoms with van der Waals surface area (Å²) >= 11 is 12.6. The Hall–Kier alpha value is -2.94. The number of anilines is 3. The van der Waals surface area contributed by atoms with Crippen molar-refractivity contribution in [1.29, 1.82) is 0 Å². The van der Waals surface area contributed by atoms with Crippen LogP contribution in [0.2, 0.25) is 10.0 Å². The third-order valence-corrected chi connectivity index (χ3v) is 5.30. The van der Waals surface area contributed by atoms with Crippen LogP contribution in [-0.2, 0) is 0 Å². The van der Waals surface area contributed by atoms with Crippen LogP contribution in [0.5, 0.6) is 0 Å². The fraction of sp³-hybridized carbons (Fsp3) is 0.158. The number of aromatic nitrogens is 5. The number of hydrogen-bond acceptors (Lipinski definition) is 7. The molecule has 146 valence electrons. The van der Waals surface area contributed by atoms with Crippen molar-refractivity contribution in [3.05, 3.63) is 59.1 Å². The molecule has 1 aliphatic heterocycles.